The predicted octanol–water partition coefficient (Wildman–Crippen LogP) is 2.75. The van der Waals surface area contributed by atoms with Crippen LogP contribution in [0.4, 0.5) is 11.4 Å². The Balaban J connectivity index is 2.37. The number of aryl methyl sites for hydroxylation is 1. The SMILES string of the molecule is Cc1cccc(NS(=O)(=O)c2cc(N)cs2)c1C. The number of nitrogens with one attached hydrogen (secondary N) is 1. The summed E-state index contributed by atoms with van der Waals surface area (Å²) in [5.41, 5.74) is 8.56. The summed E-state index contributed by atoms with van der Waals surface area (Å²) in [6.45, 7) is 3.83. The largest absolute Gasteiger partial charge is 0.398 e. The fraction of sp³-hybridized carbons (Fsp3) is 0.167. The summed E-state index contributed by atoms with van der Waals surface area (Å²) in [7, 11) is -3.54. The maximum absolute atomic E-state index is 12.1. The van der Waals surface area contributed by atoms with Crippen LogP contribution in [0.3, 0.4) is 0 Å². The van der Waals surface area contributed by atoms with Crippen LogP contribution in [-0.4, -0.2) is 8.42 Å². The highest BCUT2D eigenvalue weighted by Crippen LogP contribution is 2.26. The first-order chi connectivity index (χ1) is 8.40. The van der Waals surface area contributed by atoms with E-state index >= 15 is 0 Å². The minimum absolute atomic E-state index is 0.223. The zero-order chi connectivity index (χ0) is 13.3. The van der Waals surface area contributed by atoms with Crippen LogP contribution in [-0.2, 0) is 10.0 Å². The molecule has 0 unspecified atom stereocenters. The van der Waals surface area contributed by atoms with Crippen molar-refractivity contribution in [2.45, 2.75) is 18.1 Å². The fourth-order valence-electron chi connectivity index (χ4n) is 1.53. The lowest BCUT2D eigenvalue weighted by molar-refractivity contribution is 0.603. The molecule has 1 aromatic heterocycles. The number of benzene rings is 1. The molecule has 0 aliphatic rings. The number of thiophene rings is 1. The summed E-state index contributed by atoms with van der Waals surface area (Å²) in [5.74, 6) is 0. The molecule has 0 spiro atoms. The summed E-state index contributed by atoms with van der Waals surface area (Å²) >= 11 is 1.11. The molecule has 2 aromatic rings. The molecule has 0 fully saturated rings. The van der Waals surface area contributed by atoms with Gasteiger partial charge < -0.3 is 5.73 Å². The van der Waals surface area contributed by atoms with E-state index < -0.39 is 10.0 Å². The number of anilines is 2. The van der Waals surface area contributed by atoms with Crippen LogP contribution in [0.5, 0.6) is 0 Å². The van der Waals surface area contributed by atoms with E-state index in [0.29, 0.717) is 11.4 Å². The third-order valence-electron chi connectivity index (χ3n) is 2.71. The molecule has 0 atom stereocenters. The number of sulfonamides is 1. The molecule has 0 saturated carbocycles. The second-order valence-corrected chi connectivity index (χ2v) is 6.87. The van der Waals surface area contributed by atoms with Crippen molar-refractivity contribution in [2.75, 3.05) is 10.5 Å². The van der Waals surface area contributed by atoms with Gasteiger partial charge in [-0.3, -0.25) is 4.72 Å². The first-order valence-electron chi connectivity index (χ1n) is 5.33. The van der Waals surface area contributed by atoms with E-state index in [2.05, 4.69) is 4.72 Å². The Morgan fingerprint density at radius 3 is 2.61 bits per heavy atom. The van der Waals surface area contributed by atoms with Crippen molar-refractivity contribution in [1.82, 2.24) is 0 Å². The Labute approximate surface area is 111 Å². The van der Waals surface area contributed by atoms with E-state index in [1.807, 2.05) is 26.0 Å². The third kappa shape index (κ3) is 2.49. The average molecular weight is 282 g/mol. The topological polar surface area (TPSA) is 72.2 Å². The van der Waals surface area contributed by atoms with Crippen LogP contribution in [0.2, 0.25) is 0 Å². The number of rotatable bonds is 3. The van der Waals surface area contributed by atoms with Gasteiger partial charge in [0.2, 0.25) is 0 Å². The molecule has 0 aliphatic carbocycles. The van der Waals surface area contributed by atoms with Crippen molar-refractivity contribution in [2.24, 2.45) is 0 Å². The molecular weight excluding hydrogens is 268 g/mol. The van der Waals surface area contributed by atoms with Gasteiger partial charge in [-0.25, -0.2) is 8.42 Å². The molecule has 1 aromatic carbocycles. The lowest BCUT2D eigenvalue weighted by Gasteiger charge is -2.10. The summed E-state index contributed by atoms with van der Waals surface area (Å²) in [6, 6.07) is 6.97. The van der Waals surface area contributed by atoms with Gasteiger partial charge in [0.25, 0.3) is 10.0 Å². The second-order valence-electron chi connectivity index (χ2n) is 4.05. The molecule has 0 saturated heterocycles. The molecule has 3 N–H and O–H groups in total. The van der Waals surface area contributed by atoms with Crippen molar-refractivity contribution in [3.05, 3.63) is 40.8 Å². The Morgan fingerprint density at radius 2 is 2.00 bits per heavy atom. The molecule has 1 heterocycles. The first-order valence-corrected chi connectivity index (χ1v) is 7.69. The van der Waals surface area contributed by atoms with E-state index in [1.165, 1.54) is 6.07 Å². The lowest BCUT2D eigenvalue weighted by Crippen LogP contribution is -2.12. The molecule has 0 bridgehead atoms. The normalized spacial score (nSPS) is 11.4. The number of hydrogen-bond acceptors (Lipinski definition) is 4. The molecular formula is C12H14N2O2S2. The van der Waals surface area contributed by atoms with Gasteiger partial charge in [0.15, 0.2) is 0 Å². The van der Waals surface area contributed by atoms with E-state index in [9.17, 15) is 8.42 Å². The Kier molecular flexibility index (Phi) is 3.32. The molecule has 2 rings (SSSR count). The van der Waals surface area contributed by atoms with E-state index in [0.717, 1.165) is 22.5 Å². The fourth-order valence-corrected chi connectivity index (χ4v) is 3.73. The maximum atomic E-state index is 12.1. The van der Waals surface area contributed by atoms with Gasteiger partial charge in [0.1, 0.15) is 4.21 Å². The third-order valence-corrected chi connectivity index (χ3v) is 5.53. The molecule has 0 amide bonds. The van der Waals surface area contributed by atoms with Crippen LogP contribution in [0, 0.1) is 13.8 Å². The summed E-state index contributed by atoms with van der Waals surface area (Å²) in [6.07, 6.45) is 0. The Morgan fingerprint density at radius 1 is 1.28 bits per heavy atom. The Hall–Kier alpha value is -1.53. The van der Waals surface area contributed by atoms with Crippen molar-refractivity contribution < 1.29 is 8.42 Å². The van der Waals surface area contributed by atoms with Crippen molar-refractivity contribution in [1.29, 1.82) is 0 Å². The molecule has 0 aliphatic heterocycles. The van der Waals surface area contributed by atoms with Gasteiger partial charge >= 0.3 is 0 Å². The first kappa shape index (κ1) is 12.9. The molecule has 0 radical (unpaired) electrons. The highest BCUT2D eigenvalue weighted by molar-refractivity contribution is 7.94. The summed E-state index contributed by atoms with van der Waals surface area (Å²) in [4.78, 5) is 0. The van der Waals surface area contributed by atoms with Crippen LogP contribution in [0.25, 0.3) is 0 Å². The van der Waals surface area contributed by atoms with Crippen molar-refractivity contribution >= 4 is 32.7 Å². The average Bonchev–Trinajstić information content (AvgIpc) is 2.72. The zero-order valence-electron chi connectivity index (χ0n) is 10.1. The lowest BCUT2D eigenvalue weighted by atomic mass is 10.1. The number of nitrogen functional groups attached to an aromatic ring is 1. The van der Waals surface area contributed by atoms with Gasteiger partial charge in [-0.2, -0.15) is 0 Å². The summed E-state index contributed by atoms with van der Waals surface area (Å²) in [5, 5.41) is 1.61. The summed E-state index contributed by atoms with van der Waals surface area (Å²) < 4.78 is 27.1. The Bertz CT molecular complexity index is 675. The van der Waals surface area contributed by atoms with Crippen LogP contribution in [0.15, 0.2) is 33.9 Å². The molecule has 96 valence electrons. The maximum Gasteiger partial charge on any atom is 0.271 e. The highest BCUT2D eigenvalue weighted by atomic mass is 32.2. The van der Waals surface area contributed by atoms with Gasteiger partial charge in [-0.1, -0.05) is 12.1 Å². The van der Waals surface area contributed by atoms with E-state index in [1.54, 1.807) is 11.4 Å². The van der Waals surface area contributed by atoms with Crippen LogP contribution >= 0.6 is 11.3 Å². The van der Waals surface area contributed by atoms with Crippen LogP contribution in [0.1, 0.15) is 11.1 Å². The van der Waals surface area contributed by atoms with Gasteiger partial charge in [0.05, 0.1) is 5.69 Å². The molecule has 6 heteroatoms. The number of nitrogens with two attached hydrogens (primary N) is 1. The van der Waals surface area contributed by atoms with Gasteiger partial charge in [0, 0.05) is 11.1 Å². The standard InChI is InChI=1S/C12H14N2O2S2/c1-8-4-3-5-11(9(8)2)14-18(15,16)12-6-10(13)7-17-12/h3-7,14H,13H2,1-2H3. The molecule has 4 nitrogen and oxygen atoms in total. The van der Waals surface area contributed by atoms with Gasteiger partial charge in [-0.05, 0) is 37.1 Å². The van der Waals surface area contributed by atoms with Crippen LogP contribution < -0.4 is 10.5 Å². The smallest absolute Gasteiger partial charge is 0.271 e. The zero-order valence-corrected chi connectivity index (χ0v) is 11.7. The quantitative estimate of drug-likeness (QED) is 0.909. The monoisotopic (exact) mass is 282 g/mol. The van der Waals surface area contributed by atoms with E-state index in [4.69, 9.17) is 5.73 Å². The minimum atomic E-state index is -3.54. The van der Waals surface area contributed by atoms with Gasteiger partial charge in [-0.15, -0.1) is 11.3 Å². The van der Waals surface area contributed by atoms with Crippen molar-refractivity contribution in [3.8, 4) is 0 Å². The van der Waals surface area contributed by atoms with E-state index in [-0.39, 0.29) is 4.21 Å². The number of hydrogen-bond donors (Lipinski definition) is 2. The molecule has 18 heavy (non-hydrogen) atoms. The van der Waals surface area contributed by atoms with Crippen molar-refractivity contribution in [3.63, 3.8) is 0 Å². The predicted molar refractivity (Wildman–Crippen MR) is 75.5 cm³/mol. The second kappa shape index (κ2) is 4.62. The minimum Gasteiger partial charge on any atom is -0.398 e. The highest BCUT2D eigenvalue weighted by Gasteiger charge is 2.17.